The summed E-state index contributed by atoms with van der Waals surface area (Å²) in [5.74, 6) is 0.723. The highest BCUT2D eigenvalue weighted by atomic mass is 35.5. The maximum absolute atomic E-state index is 10.9. The van der Waals surface area contributed by atoms with E-state index < -0.39 is 5.54 Å². The summed E-state index contributed by atoms with van der Waals surface area (Å²) < 4.78 is 6.00. The zero-order chi connectivity index (χ0) is 14.2. The highest BCUT2D eigenvalue weighted by Crippen LogP contribution is 2.49. The van der Waals surface area contributed by atoms with Crippen LogP contribution < -0.4 is 4.74 Å². The highest BCUT2D eigenvalue weighted by molar-refractivity contribution is 6.32. The summed E-state index contributed by atoms with van der Waals surface area (Å²) >= 11 is 6.38. The number of benzene rings is 1. The van der Waals surface area contributed by atoms with E-state index >= 15 is 0 Å². The van der Waals surface area contributed by atoms with E-state index in [2.05, 4.69) is 11.1 Å². The van der Waals surface area contributed by atoms with E-state index in [1.165, 1.54) is 0 Å². The summed E-state index contributed by atoms with van der Waals surface area (Å²) in [6, 6.07) is 3.98. The number of hydrogen-bond acceptors (Lipinski definition) is 3. The Kier molecular flexibility index (Phi) is 3.57. The molecular weight excluding hydrogens is 274 g/mol. The molecule has 106 valence electrons. The maximum atomic E-state index is 10.9. The lowest BCUT2D eigenvalue weighted by Gasteiger charge is -2.26. The van der Waals surface area contributed by atoms with E-state index in [9.17, 15) is 4.79 Å². The molecule has 0 aromatic heterocycles. The summed E-state index contributed by atoms with van der Waals surface area (Å²) in [5, 5.41) is 0.624. The molecular formula is C16H18ClNO2. The molecule has 2 aliphatic rings. The van der Waals surface area contributed by atoms with Crippen molar-refractivity contribution in [3.8, 4) is 5.75 Å². The molecule has 2 aliphatic carbocycles. The van der Waals surface area contributed by atoms with Gasteiger partial charge in [-0.2, -0.15) is 4.99 Å². The third kappa shape index (κ3) is 2.48. The number of aryl methyl sites for hydroxylation is 1. The van der Waals surface area contributed by atoms with Crippen LogP contribution in [0.1, 0.15) is 49.7 Å². The molecule has 0 bridgehead atoms. The average Bonchev–Trinajstić information content (AvgIpc) is 3.10. The van der Waals surface area contributed by atoms with E-state index in [1.807, 2.05) is 13.0 Å². The molecule has 0 atom stereocenters. The fourth-order valence-electron chi connectivity index (χ4n) is 3.04. The summed E-state index contributed by atoms with van der Waals surface area (Å²) in [7, 11) is 0. The Morgan fingerprint density at radius 3 is 2.65 bits per heavy atom. The number of aliphatic imine (C=N–C) groups is 1. The molecule has 3 rings (SSSR count). The van der Waals surface area contributed by atoms with Crippen molar-refractivity contribution in [1.29, 1.82) is 0 Å². The zero-order valence-electron chi connectivity index (χ0n) is 11.6. The van der Waals surface area contributed by atoms with Gasteiger partial charge in [0.1, 0.15) is 11.3 Å². The Hall–Kier alpha value is -1.31. The fraction of sp³-hybridized carbons (Fsp3) is 0.562. The Morgan fingerprint density at radius 1 is 1.35 bits per heavy atom. The number of isocyanates is 1. The molecule has 4 heteroatoms. The summed E-state index contributed by atoms with van der Waals surface area (Å²) in [6.07, 6.45) is 8.05. The summed E-state index contributed by atoms with van der Waals surface area (Å²) in [4.78, 5) is 15.0. The van der Waals surface area contributed by atoms with Gasteiger partial charge in [-0.25, -0.2) is 4.79 Å². The number of nitrogens with zero attached hydrogens (tertiary/aromatic N) is 1. The van der Waals surface area contributed by atoms with Gasteiger partial charge < -0.3 is 4.74 Å². The SMILES string of the molecule is Cc1cc(Cl)c(OC2CC2)c(C2(N=C=O)CCCC2)c1. The molecule has 1 aromatic rings. The molecule has 0 aliphatic heterocycles. The topological polar surface area (TPSA) is 38.7 Å². The minimum Gasteiger partial charge on any atom is -0.488 e. The third-order valence-electron chi connectivity index (χ3n) is 4.19. The lowest BCUT2D eigenvalue weighted by molar-refractivity contribution is 0.290. The summed E-state index contributed by atoms with van der Waals surface area (Å²) in [5.41, 5.74) is 1.55. The number of carbonyl (C=O) groups excluding carboxylic acids is 1. The van der Waals surface area contributed by atoms with Gasteiger partial charge in [-0.05, 0) is 50.3 Å². The van der Waals surface area contributed by atoms with Gasteiger partial charge in [0.15, 0.2) is 0 Å². The molecule has 0 saturated heterocycles. The molecule has 20 heavy (non-hydrogen) atoms. The van der Waals surface area contributed by atoms with Crippen LogP contribution >= 0.6 is 11.6 Å². The Balaban J connectivity index is 2.11. The van der Waals surface area contributed by atoms with E-state index in [1.54, 1.807) is 6.08 Å². The monoisotopic (exact) mass is 291 g/mol. The largest absolute Gasteiger partial charge is 0.488 e. The maximum Gasteiger partial charge on any atom is 0.235 e. The van der Waals surface area contributed by atoms with E-state index in [4.69, 9.17) is 16.3 Å². The van der Waals surface area contributed by atoms with Crippen LogP contribution in [0, 0.1) is 6.92 Å². The highest BCUT2D eigenvalue weighted by Gasteiger charge is 2.40. The standard InChI is InChI=1S/C16H18ClNO2/c1-11-8-13(16(18-10-19)6-2-3-7-16)15(14(17)9-11)20-12-4-5-12/h8-9,12H,2-7H2,1H3. The number of halogens is 1. The molecule has 0 heterocycles. The molecule has 0 spiro atoms. The van der Waals surface area contributed by atoms with Gasteiger partial charge in [0, 0.05) is 5.56 Å². The van der Waals surface area contributed by atoms with Crippen LogP contribution in [-0.4, -0.2) is 12.2 Å². The fourth-order valence-corrected chi connectivity index (χ4v) is 3.35. The van der Waals surface area contributed by atoms with Crippen LogP contribution in [0.2, 0.25) is 5.02 Å². The van der Waals surface area contributed by atoms with Crippen LogP contribution in [0.25, 0.3) is 0 Å². The van der Waals surface area contributed by atoms with Crippen molar-refractivity contribution in [2.75, 3.05) is 0 Å². The second kappa shape index (κ2) is 5.23. The van der Waals surface area contributed by atoms with Crippen LogP contribution in [0.3, 0.4) is 0 Å². The number of ether oxygens (including phenoxy) is 1. The van der Waals surface area contributed by atoms with Gasteiger partial charge in [0.05, 0.1) is 11.1 Å². The number of rotatable bonds is 4. The van der Waals surface area contributed by atoms with Crippen molar-refractivity contribution < 1.29 is 9.53 Å². The van der Waals surface area contributed by atoms with Gasteiger partial charge in [0.25, 0.3) is 0 Å². The minimum atomic E-state index is -0.484. The second-order valence-corrected chi connectivity index (χ2v) is 6.29. The molecule has 0 radical (unpaired) electrons. The quantitative estimate of drug-likeness (QED) is 0.613. The van der Waals surface area contributed by atoms with Gasteiger partial charge in [-0.1, -0.05) is 24.4 Å². The normalized spacial score (nSPS) is 20.5. The molecule has 0 unspecified atom stereocenters. The van der Waals surface area contributed by atoms with Crippen molar-refractivity contribution in [2.24, 2.45) is 4.99 Å². The van der Waals surface area contributed by atoms with Crippen LogP contribution in [0.4, 0.5) is 0 Å². The lowest BCUT2D eigenvalue weighted by atomic mass is 9.87. The van der Waals surface area contributed by atoms with E-state index in [0.29, 0.717) is 5.02 Å². The second-order valence-electron chi connectivity index (χ2n) is 5.88. The predicted octanol–water partition coefficient (Wildman–Crippen LogP) is 4.29. The average molecular weight is 292 g/mol. The predicted molar refractivity (Wildman–Crippen MR) is 78.1 cm³/mol. The zero-order valence-corrected chi connectivity index (χ0v) is 12.4. The van der Waals surface area contributed by atoms with Gasteiger partial charge in [-0.3, -0.25) is 0 Å². The van der Waals surface area contributed by atoms with E-state index in [0.717, 1.165) is 55.4 Å². The first-order chi connectivity index (χ1) is 9.64. The minimum absolute atomic E-state index is 0.271. The van der Waals surface area contributed by atoms with Crippen molar-refractivity contribution in [3.05, 3.63) is 28.3 Å². The Morgan fingerprint density at radius 2 is 2.05 bits per heavy atom. The number of hydrogen-bond donors (Lipinski definition) is 0. The van der Waals surface area contributed by atoms with E-state index in [-0.39, 0.29) is 6.10 Å². The molecule has 3 nitrogen and oxygen atoms in total. The molecule has 0 amide bonds. The van der Waals surface area contributed by atoms with Crippen molar-refractivity contribution in [3.63, 3.8) is 0 Å². The Labute approximate surface area is 124 Å². The van der Waals surface area contributed by atoms with Gasteiger partial charge in [-0.15, -0.1) is 0 Å². The van der Waals surface area contributed by atoms with Crippen LogP contribution in [0.5, 0.6) is 5.75 Å². The smallest absolute Gasteiger partial charge is 0.235 e. The van der Waals surface area contributed by atoms with Crippen LogP contribution in [0.15, 0.2) is 17.1 Å². The third-order valence-corrected chi connectivity index (χ3v) is 4.47. The Bertz CT molecular complexity index is 568. The first-order valence-electron chi connectivity index (χ1n) is 7.21. The summed E-state index contributed by atoms with van der Waals surface area (Å²) in [6.45, 7) is 2.00. The van der Waals surface area contributed by atoms with Gasteiger partial charge >= 0.3 is 0 Å². The molecule has 1 aromatic carbocycles. The van der Waals surface area contributed by atoms with Crippen molar-refractivity contribution in [1.82, 2.24) is 0 Å². The van der Waals surface area contributed by atoms with Gasteiger partial charge in [0.2, 0.25) is 6.08 Å². The first kappa shape index (κ1) is 13.7. The molecule has 2 fully saturated rings. The molecule has 0 N–H and O–H groups in total. The molecule has 2 saturated carbocycles. The first-order valence-corrected chi connectivity index (χ1v) is 7.59. The van der Waals surface area contributed by atoms with Crippen molar-refractivity contribution in [2.45, 2.75) is 57.1 Å². The lowest BCUT2D eigenvalue weighted by Crippen LogP contribution is -2.21. The van der Waals surface area contributed by atoms with Crippen LogP contribution in [-0.2, 0) is 10.3 Å². The van der Waals surface area contributed by atoms with Crippen molar-refractivity contribution >= 4 is 17.7 Å².